The molecule has 2 saturated heterocycles. The maximum absolute atomic E-state index is 12.9. The van der Waals surface area contributed by atoms with Gasteiger partial charge in [-0.25, -0.2) is 4.79 Å². The molecule has 2 aromatic rings. The zero-order chi connectivity index (χ0) is 18.6. The van der Waals surface area contributed by atoms with E-state index in [0.717, 1.165) is 18.8 Å². The van der Waals surface area contributed by atoms with Crippen LogP contribution in [0.4, 0.5) is 21.9 Å². The molecule has 0 atom stereocenters. The highest BCUT2D eigenvalue weighted by Crippen LogP contribution is 2.25. The van der Waals surface area contributed by atoms with E-state index >= 15 is 0 Å². The van der Waals surface area contributed by atoms with Crippen molar-refractivity contribution in [3.8, 4) is 0 Å². The highest BCUT2D eigenvalue weighted by molar-refractivity contribution is 6.08. The third-order valence-electron chi connectivity index (χ3n) is 4.68. The normalized spacial score (nSPS) is 17.0. The van der Waals surface area contributed by atoms with Gasteiger partial charge in [0.1, 0.15) is 6.61 Å². The number of morpholine rings is 1. The maximum Gasteiger partial charge on any atom is 0.414 e. The summed E-state index contributed by atoms with van der Waals surface area (Å²) in [7, 11) is 0. The number of hydrogen-bond acceptors (Lipinski definition) is 5. The van der Waals surface area contributed by atoms with E-state index in [1.807, 2.05) is 36.4 Å². The average Bonchev–Trinajstić information content (AvgIpc) is 3.15. The number of carbonyl (C=O) groups excluding carboxylic acids is 2. The van der Waals surface area contributed by atoms with E-state index < -0.39 is 0 Å². The lowest BCUT2D eigenvalue weighted by Gasteiger charge is -2.30. The molecule has 0 unspecified atom stereocenters. The van der Waals surface area contributed by atoms with Gasteiger partial charge in [0.25, 0.3) is 5.91 Å². The average molecular weight is 367 g/mol. The van der Waals surface area contributed by atoms with Crippen molar-refractivity contribution in [2.24, 2.45) is 0 Å². The van der Waals surface area contributed by atoms with E-state index in [1.54, 1.807) is 17.0 Å². The Hall–Kier alpha value is -3.06. The van der Waals surface area contributed by atoms with Gasteiger partial charge in [0.05, 0.1) is 25.3 Å². The SMILES string of the molecule is O=C(Nc1cccc(N2CCOC2=O)c1)c1ccccc1N1CCOCC1. The van der Waals surface area contributed by atoms with Crippen LogP contribution >= 0.6 is 0 Å². The summed E-state index contributed by atoms with van der Waals surface area (Å²) in [6.45, 7) is 3.72. The zero-order valence-electron chi connectivity index (χ0n) is 14.9. The maximum atomic E-state index is 12.9. The summed E-state index contributed by atoms with van der Waals surface area (Å²) in [4.78, 5) is 28.4. The van der Waals surface area contributed by atoms with Crippen molar-refractivity contribution in [3.05, 3.63) is 54.1 Å². The van der Waals surface area contributed by atoms with Gasteiger partial charge in [-0.3, -0.25) is 9.69 Å². The lowest BCUT2D eigenvalue weighted by molar-refractivity contribution is 0.102. The molecular weight excluding hydrogens is 346 g/mol. The molecule has 0 radical (unpaired) electrons. The molecule has 4 rings (SSSR count). The standard InChI is InChI=1S/C20H21N3O4/c24-19(17-6-1-2-7-18(17)22-8-11-26-12-9-22)21-15-4-3-5-16(14-15)23-10-13-27-20(23)25/h1-7,14H,8-13H2,(H,21,24). The molecule has 0 aliphatic carbocycles. The first-order chi connectivity index (χ1) is 13.2. The van der Waals surface area contributed by atoms with Gasteiger partial charge in [-0.1, -0.05) is 18.2 Å². The van der Waals surface area contributed by atoms with Gasteiger partial charge in [-0.15, -0.1) is 0 Å². The number of cyclic esters (lactones) is 1. The zero-order valence-corrected chi connectivity index (χ0v) is 14.9. The molecular formula is C20H21N3O4. The minimum atomic E-state index is -0.365. The van der Waals surface area contributed by atoms with E-state index in [4.69, 9.17) is 9.47 Å². The summed E-state index contributed by atoms with van der Waals surface area (Å²) >= 11 is 0. The summed E-state index contributed by atoms with van der Waals surface area (Å²) in [6.07, 6.45) is -0.365. The molecule has 7 heteroatoms. The minimum absolute atomic E-state index is 0.182. The molecule has 7 nitrogen and oxygen atoms in total. The third-order valence-corrected chi connectivity index (χ3v) is 4.68. The molecule has 0 aromatic heterocycles. The fourth-order valence-electron chi connectivity index (χ4n) is 3.32. The lowest BCUT2D eigenvalue weighted by Crippen LogP contribution is -2.37. The molecule has 0 spiro atoms. The third kappa shape index (κ3) is 3.73. The van der Waals surface area contributed by atoms with Crippen molar-refractivity contribution in [3.63, 3.8) is 0 Å². The first kappa shape index (κ1) is 17.4. The molecule has 2 aliphatic heterocycles. The van der Waals surface area contributed by atoms with E-state index in [2.05, 4.69) is 10.2 Å². The largest absolute Gasteiger partial charge is 0.447 e. The quantitative estimate of drug-likeness (QED) is 0.900. The number of nitrogens with zero attached hydrogens (tertiary/aromatic N) is 2. The smallest absolute Gasteiger partial charge is 0.414 e. The van der Waals surface area contributed by atoms with E-state index in [-0.39, 0.29) is 12.0 Å². The first-order valence-corrected chi connectivity index (χ1v) is 9.00. The topological polar surface area (TPSA) is 71.1 Å². The number of hydrogen-bond donors (Lipinski definition) is 1. The summed E-state index contributed by atoms with van der Waals surface area (Å²) < 4.78 is 10.4. The Labute approximate surface area is 157 Å². The Bertz CT molecular complexity index is 849. The molecule has 2 heterocycles. The van der Waals surface area contributed by atoms with Crippen molar-refractivity contribution >= 4 is 29.1 Å². The van der Waals surface area contributed by atoms with Crippen LogP contribution in [0.2, 0.25) is 0 Å². The molecule has 2 aromatic carbocycles. The number of benzene rings is 2. The van der Waals surface area contributed by atoms with Crippen LogP contribution in [0.25, 0.3) is 0 Å². The van der Waals surface area contributed by atoms with Crippen molar-refractivity contribution in [2.45, 2.75) is 0 Å². The molecule has 2 aliphatic rings. The van der Waals surface area contributed by atoms with Crippen LogP contribution in [0.5, 0.6) is 0 Å². The van der Waals surface area contributed by atoms with Gasteiger partial charge in [0, 0.05) is 30.2 Å². The van der Waals surface area contributed by atoms with E-state index in [9.17, 15) is 9.59 Å². The van der Waals surface area contributed by atoms with Gasteiger partial charge in [0.15, 0.2) is 0 Å². The minimum Gasteiger partial charge on any atom is -0.447 e. The fourth-order valence-corrected chi connectivity index (χ4v) is 3.32. The predicted molar refractivity (Wildman–Crippen MR) is 103 cm³/mol. The lowest BCUT2D eigenvalue weighted by atomic mass is 10.1. The summed E-state index contributed by atoms with van der Waals surface area (Å²) in [5, 5.41) is 2.94. The van der Waals surface area contributed by atoms with Crippen LogP contribution in [-0.2, 0) is 9.47 Å². The van der Waals surface area contributed by atoms with Crippen molar-refractivity contribution in [1.29, 1.82) is 0 Å². The van der Waals surface area contributed by atoms with Gasteiger partial charge < -0.3 is 19.7 Å². The van der Waals surface area contributed by atoms with E-state index in [1.165, 1.54) is 0 Å². The van der Waals surface area contributed by atoms with Crippen LogP contribution < -0.4 is 15.1 Å². The van der Waals surface area contributed by atoms with Crippen LogP contribution in [0.15, 0.2) is 48.5 Å². The highest BCUT2D eigenvalue weighted by Gasteiger charge is 2.24. The molecule has 2 amide bonds. The summed E-state index contributed by atoms with van der Waals surface area (Å²) in [6, 6.07) is 14.8. The molecule has 0 bridgehead atoms. The number of anilines is 3. The fraction of sp³-hybridized carbons (Fsp3) is 0.300. The molecule has 140 valence electrons. The number of carbonyl (C=O) groups is 2. The van der Waals surface area contributed by atoms with Crippen LogP contribution in [0.3, 0.4) is 0 Å². The van der Waals surface area contributed by atoms with Gasteiger partial charge in [-0.2, -0.15) is 0 Å². The first-order valence-electron chi connectivity index (χ1n) is 9.00. The number of nitrogens with one attached hydrogen (secondary N) is 1. The molecule has 27 heavy (non-hydrogen) atoms. The number of amides is 2. The number of rotatable bonds is 4. The van der Waals surface area contributed by atoms with Crippen molar-refractivity contribution in [1.82, 2.24) is 0 Å². The predicted octanol–water partition coefficient (Wildman–Crippen LogP) is 2.73. The van der Waals surface area contributed by atoms with Crippen molar-refractivity contribution in [2.75, 3.05) is 54.6 Å². The van der Waals surface area contributed by atoms with Crippen molar-refractivity contribution < 1.29 is 19.1 Å². The highest BCUT2D eigenvalue weighted by atomic mass is 16.6. The summed E-state index contributed by atoms with van der Waals surface area (Å²) in [5.41, 5.74) is 2.86. The van der Waals surface area contributed by atoms with Gasteiger partial charge >= 0.3 is 6.09 Å². The van der Waals surface area contributed by atoms with E-state index in [0.29, 0.717) is 43.3 Å². The second-order valence-electron chi connectivity index (χ2n) is 6.39. The van der Waals surface area contributed by atoms with Crippen LogP contribution in [-0.4, -0.2) is 51.5 Å². The Morgan fingerprint density at radius 2 is 1.78 bits per heavy atom. The van der Waals surface area contributed by atoms with Gasteiger partial charge in [-0.05, 0) is 30.3 Å². The second kappa shape index (κ2) is 7.67. The second-order valence-corrected chi connectivity index (χ2v) is 6.39. The number of ether oxygens (including phenoxy) is 2. The van der Waals surface area contributed by atoms with Crippen LogP contribution in [0.1, 0.15) is 10.4 Å². The Balaban J connectivity index is 1.54. The molecule has 1 N–H and O–H groups in total. The Kier molecular flexibility index (Phi) is 4.93. The summed E-state index contributed by atoms with van der Waals surface area (Å²) in [5.74, 6) is -0.182. The molecule has 2 fully saturated rings. The van der Waals surface area contributed by atoms with Gasteiger partial charge in [0.2, 0.25) is 0 Å². The van der Waals surface area contributed by atoms with Crippen LogP contribution in [0, 0.1) is 0 Å². The number of para-hydroxylation sites is 1. The Morgan fingerprint density at radius 1 is 0.963 bits per heavy atom. The molecule has 0 saturated carbocycles. The Morgan fingerprint density at radius 3 is 2.56 bits per heavy atom. The monoisotopic (exact) mass is 367 g/mol.